The van der Waals surface area contributed by atoms with E-state index in [0.717, 1.165) is 12.6 Å². The van der Waals surface area contributed by atoms with Gasteiger partial charge >= 0.3 is 5.97 Å². The first kappa shape index (κ1) is 17.4. The molecule has 0 heterocycles. The molecule has 0 amide bonds. The molecular weight excluding hydrogens is 292 g/mol. The average Bonchev–Trinajstić information content (AvgIpc) is 2.45. The number of likely N-dealkylation sites (N-methyl/N-ethyl adjacent to an activating group) is 1. The van der Waals surface area contributed by atoms with Crippen molar-refractivity contribution in [1.29, 1.82) is 0 Å². The first-order valence-electron chi connectivity index (χ1n) is 6.54. The van der Waals surface area contributed by atoms with Crippen molar-refractivity contribution in [2.45, 2.75) is 11.8 Å². The van der Waals surface area contributed by atoms with Crippen LogP contribution in [0, 0.1) is 0 Å². The van der Waals surface area contributed by atoms with E-state index in [9.17, 15) is 13.2 Å². The third-order valence-electron chi connectivity index (χ3n) is 2.91. The highest BCUT2D eigenvalue weighted by Crippen LogP contribution is 2.12. The summed E-state index contributed by atoms with van der Waals surface area (Å²) in [4.78, 5) is 12.6. The summed E-state index contributed by atoms with van der Waals surface area (Å²) in [6, 6.07) is 6.13. The van der Waals surface area contributed by atoms with Crippen LogP contribution in [-0.2, 0) is 14.8 Å². The first-order chi connectivity index (χ1) is 9.85. The van der Waals surface area contributed by atoms with Crippen LogP contribution in [0.4, 0.5) is 0 Å². The number of carboxylic acids is 1. The topological polar surface area (TPSA) is 86.7 Å². The lowest BCUT2D eigenvalue weighted by atomic mass is 10.2. The maximum atomic E-state index is 12.1. The van der Waals surface area contributed by atoms with Gasteiger partial charge in [-0.25, -0.2) is 17.9 Å². The molecule has 0 aliphatic heterocycles. The summed E-state index contributed by atoms with van der Waals surface area (Å²) in [5.74, 6) is -1.08. The molecule has 116 valence electrons. The van der Waals surface area contributed by atoms with E-state index >= 15 is 0 Å². The molecule has 0 aliphatic carbocycles. The molecule has 0 unspecified atom stereocenters. The van der Waals surface area contributed by atoms with E-state index in [2.05, 4.69) is 4.72 Å². The molecule has 0 bridgehead atoms. The SMILES string of the molecule is CCN(C)CCNS(=O)(=O)c1cccc(C=CC(=O)O)c1. The smallest absolute Gasteiger partial charge is 0.328 e. The van der Waals surface area contributed by atoms with Gasteiger partial charge in [-0.05, 0) is 37.4 Å². The maximum absolute atomic E-state index is 12.1. The molecule has 0 fully saturated rings. The first-order valence-corrected chi connectivity index (χ1v) is 8.02. The third-order valence-corrected chi connectivity index (χ3v) is 4.37. The zero-order valence-corrected chi connectivity index (χ0v) is 12.9. The van der Waals surface area contributed by atoms with Gasteiger partial charge in [0.05, 0.1) is 4.90 Å². The van der Waals surface area contributed by atoms with Crippen LogP contribution in [0.25, 0.3) is 6.08 Å². The van der Waals surface area contributed by atoms with Crippen LogP contribution in [0.1, 0.15) is 12.5 Å². The highest BCUT2D eigenvalue weighted by Gasteiger charge is 2.13. The predicted molar refractivity (Wildman–Crippen MR) is 81.5 cm³/mol. The fourth-order valence-corrected chi connectivity index (χ4v) is 2.64. The number of sulfonamides is 1. The van der Waals surface area contributed by atoms with Crippen LogP contribution in [-0.4, -0.2) is 51.1 Å². The van der Waals surface area contributed by atoms with Crippen LogP contribution in [0.3, 0.4) is 0 Å². The molecule has 0 aliphatic rings. The van der Waals surface area contributed by atoms with Gasteiger partial charge in [0, 0.05) is 19.2 Å². The van der Waals surface area contributed by atoms with Gasteiger partial charge in [-0.15, -0.1) is 0 Å². The van der Waals surface area contributed by atoms with Crippen molar-refractivity contribution in [2.75, 3.05) is 26.7 Å². The molecule has 0 radical (unpaired) electrons. The number of carbonyl (C=O) groups is 1. The van der Waals surface area contributed by atoms with Crippen molar-refractivity contribution in [3.8, 4) is 0 Å². The van der Waals surface area contributed by atoms with Crippen molar-refractivity contribution in [3.63, 3.8) is 0 Å². The zero-order chi connectivity index (χ0) is 15.9. The third kappa shape index (κ3) is 6.07. The summed E-state index contributed by atoms with van der Waals surface area (Å²) in [6.07, 6.45) is 2.32. The Morgan fingerprint density at radius 1 is 1.43 bits per heavy atom. The van der Waals surface area contributed by atoms with Crippen LogP contribution in [0.2, 0.25) is 0 Å². The number of nitrogens with one attached hydrogen (secondary N) is 1. The van der Waals surface area contributed by atoms with E-state index in [1.54, 1.807) is 12.1 Å². The van der Waals surface area contributed by atoms with E-state index in [0.29, 0.717) is 18.7 Å². The molecule has 0 atom stereocenters. The number of aliphatic carboxylic acids is 1. The standard InChI is InChI=1S/C14H20N2O4S/c1-3-16(2)10-9-15-21(19,20)13-6-4-5-12(11-13)7-8-14(17)18/h4-8,11,15H,3,9-10H2,1-2H3,(H,17,18). The molecule has 7 heteroatoms. The van der Waals surface area contributed by atoms with Gasteiger partial charge in [0.15, 0.2) is 0 Å². The number of nitrogens with zero attached hydrogens (tertiary/aromatic N) is 1. The lowest BCUT2D eigenvalue weighted by Gasteiger charge is -2.14. The molecule has 0 saturated heterocycles. The summed E-state index contributed by atoms with van der Waals surface area (Å²) < 4.78 is 26.8. The van der Waals surface area contributed by atoms with Gasteiger partial charge < -0.3 is 10.0 Å². The Hall–Kier alpha value is -1.70. The number of hydrogen-bond acceptors (Lipinski definition) is 4. The summed E-state index contributed by atoms with van der Waals surface area (Å²) >= 11 is 0. The summed E-state index contributed by atoms with van der Waals surface area (Å²) in [5.41, 5.74) is 0.519. The van der Waals surface area contributed by atoms with Gasteiger partial charge in [-0.2, -0.15) is 0 Å². The Morgan fingerprint density at radius 3 is 2.76 bits per heavy atom. The molecule has 1 aromatic rings. The highest BCUT2D eigenvalue weighted by molar-refractivity contribution is 7.89. The van der Waals surface area contributed by atoms with Gasteiger partial charge in [-0.3, -0.25) is 0 Å². The maximum Gasteiger partial charge on any atom is 0.328 e. The van der Waals surface area contributed by atoms with Crippen LogP contribution in [0.15, 0.2) is 35.2 Å². The van der Waals surface area contributed by atoms with Gasteiger partial charge in [0.2, 0.25) is 10.0 Å². The average molecular weight is 312 g/mol. The Balaban J connectivity index is 2.79. The normalized spacial score (nSPS) is 12.1. The summed E-state index contributed by atoms with van der Waals surface area (Å²) in [6.45, 7) is 3.78. The Bertz CT molecular complexity index is 611. The molecule has 1 rings (SSSR count). The van der Waals surface area contributed by atoms with Crippen LogP contribution >= 0.6 is 0 Å². The van der Waals surface area contributed by atoms with Gasteiger partial charge in [-0.1, -0.05) is 19.1 Å². The number of rotatable bonds is 8. The van der Waals surface area contributed by atoms with E-state index < -0.39 is 16.0 Å². The minimum atomic E-state index is -3.58. The van der Waals surface area contributed by atoms with Crippen molar-refractivity contribution in [3.05, 3.63) is 35.9 Å². The van der Waals surface area contributed by atoms with Crippen molar-refractivity contribution < 1.29 is 18.3 Å². The molecule has 0 saturated carbocycles. The fourth-order valence-electron chi connectivity index (χ4n) is 1.57. The Morgan fingerprint density at radius 2 is 2.14 bits per heavy atom. The van der Waals surface area contributed by atoms with E-state index in [1.165, 1.54) is 18.2 Å². The fraction of sp³-hybridized carbons (Fsp3) is 0.357. The molecule has 2 N–H and O–H groups in total. The molecule has 0 aromatic heterocycles. The van der Waals surface area contributed by atoms with Crippen LogP contribution in [0.5, 0.6) is 0 Å². The minimum absolute atomic E-state index is 0.120. The molecule has 21 heavy (non-hydrogen) atoms. The number of hydrogen-bond donors (Lipinski definition) is 2. The van der Waals surface area contributed by atoms with Crippen LogP contribution < -0.4 is 4.72 Å². The lowest BCUT2D eigenvalue weighted by Crippen LogP contribution is -2.32. The zero-order valence-electron chi connectivity index (χ0n) is 12.1. The summed E-state index contributed by atoms with van der Waals surface area (Å²) in [7, 11) is -1.67. The molecule has 0 spiro atoms. The molecular formula is C14H20N2O4S. The molecule has 1 aromatic carbocycles. The van der Waals surface area contributed by atoms with Gasteiger partial charge in [0.1, 0.15) is 0 Å². The predicted octanol–water partition coefficient (Wildman–Crippen LogP) is 1.01. The largest absolute Gasteiger partial charge is 0.478 e. The quantitative estimate of drug-likeness (QED) is 0.700. The second kappa shape index (κ2) is 7.92. The summed E-state index contributed by atoms with van der Waals surface area (Å²) in [5, 5.41) is 8.57. The Labute approximate surface area is 125 Å². The van der Waals surface area contributed by atoms with Gasteiger partial charge in [0.25, 0.3) is 0 Å². The van der Waals surface area contributed by atoms with Crippen molar-refractivity contribution >= 4 is 22.1 Å². The monoisotopic (exact) mass is 312 g/mol. The minimum Gasteiger partial charge on any atom is -0.478 e. The van der Waals surface area contributed by atoms with E-state index in [-0.39, 0.29) is 4.90 Å². The van der Waals surface area contributed by atoms with E-state index in [1.807, 2.05) is 18.9 Å². The number of carboxylic acid groups (broad SMARTS) is 1. The van der Waals surface area contributed by atoms with Crippen molar-refractivity contribution in [1.82, 2.24) is 9.62 Å². The lowest BCUT2D eigenvalue weighted by molar-refractivity contribution is -0.131. The number of benzene rings is 1. The highest BCUT2D eigenvalue weighted by atomic mass is 32.2. The van der Waals surface area contributed by atoms with E-state index in [4.69, 9.17) is 5.11 Å². The van der Waals surface area contributed by atoms with Crippen molar-refractivity contribution in [2.24, 2.45) is 0 Å². The Kier molecular flexibility index (Phi) is 6.54. The molecule has 6 nitrogen and oxygen atoms in total. The second-order valence-corrected chi connectivity index (χ2v) is 6.30. The second-order valence-electron chi connectivity index (χ2n) is 4.54.